The van der Waals surface area contributed by atoms with E-state index in [-0.39, 0.29) is 25.7 Å². The fourth-order valence-corrected chi connectivity index (χ4v) is 11.7. The number of rotatable bonds is 65. The Morgan fingerprint density at radius 2 is 0.552 bits per heavy atom. The molecule has 19 heteroatoms. The van der Waals surface area contributed by atoms with Gasteiger partial charge in [-0.05, 0) is 49.4 Å². The summed E-state index contributed by atoms with van der Waals surface area (Å²) in [6.07, 6.45) is 39.2. The van der Waals surface area contributed by atoms with Crippen LogP contribution in [0.25, 0.3) is 0 Å². The van der Waals surface area contributed by atoms with Crippen molar-refractivity contribution in [1.82, 2.24) is 0 Å². The van der Waals surface area contributed by atoms with Crippen LogP contribution < -0.4 is 0 Å². The zero-order valence-electron chi connectivity index (χ0n) is 56.6. The summed E-state index contributed by atoms with van der Waals surface area (Å²) in [5.41, 5.74) is 0. The Hall–Kier alpha value is -1.94. The highest BCUT2D eigenvalue weighted by atomic mass is 31.2. The lowest BCUT2D eigenvalue weighted by atomic mass is 10.00. The van der Waals surface area contributed by atoms with Crippen LogP contribution in [0.15, 0.2) is 0 Å². The number of unbranched alkanes of at least 4 members (excludes halogenated alkanes) is 29. The number of esters is 4. The minimum atomic E-state index is -4.95. The molecule has 17 nitrogen and oxygen atoms in total. The first-order chi connectivity index (χ1) is 41.7. The van der Waals surface area contributed by atoms with E-state index in [4.69, 9.17) is 37.0 Å². The first-order valence-corrected chi connectivity index (χ1v) is 38.3. The monoisotopic (exact) mass is 1280 g/mol. The standard InChI is InChI=1S/C68H132O17P2/c1-9-60(7)46-38-30-23-26-33-41-49-66(71)79-54-63(84-67(72)50-42-34-21-19-17-15-13-11-12-14-16-18-20-28-36-44-58(3)4)56-82-86(74,75)80-52-62(69)53-81-87(76,77)83-57-64(55-78-65(70)48-40-32-25-22-29-37-45-59(5)6)85-68(73)51-43-35-27-24-31-39-47-61(8)10-2/h58-64,69H,9-57H2,1-8H3,(H,74,75)(H,76,77)/t60?,61?,62-,63-,64-/m1/s1. The molecule has 0 aliphatic heterocycles. The Balaban J connectivity index is 5.21. The maximum atomic E-state index is 13.0. The Labute approximate surface area is 530 Å². The van der Waals surface area contributed by atoms with Gasteiger partial charge in [0.2, 0.25) is 0 Å². The molecule has 4 unspecified atom stereocenters. The van der Waals surface area contributed by atoms with E-state index in [1.54, 1.807) is 0 Å². The molecule has 0 fully saturated rings. The Bertz CT molecular complexity index is 1730. The minimum absolute atomic E-state index is 0.101. The van der Waals surface area contributed by atoms with E-state index in [0.717, 1.165) is 120 Å². The first kappa shape index (κ1) is 85.1. The molecular formula is C68H132O17P2. The number of hydrogen-bond acceptors (Lipinski definition) is 15. The fourth-order valence-electron chi connectivity index (χ4n) is 10.1. The van der Waals surface area contributed by atoms with Crippen molar-refractivity contribution < 1.29 is 80.2 Å². The summed E-state index contributed by atoms with van der Waals surface area (Å²) in [5, 5.41) is 10.6. The molecule has 0 heterocycles. The second-order valence-corrected chi connectivity index (χ2v) is 28.9. The molecule has 7 atom stereocenters. The van der Waals surface area contributed by atoms with Crippen molar-refractivity contribution in [2.24, 2.45) is 23.7 Å². The summed E-state index contributed by atoms with van der Waals surface area (Å²) >= 11 is 0. The summed E-state index contributed by atoms with van der Waals surface area (Å²) in [7, 11) is -9.90. The van der Waals surface area contributed by atoms with Crippen LogP contribution in [0.4, 0.5) is 0 Å². The molecule has 0 radical (unpaired) electrons. The van der Waals surface area contributed by atoms with Gasteiger partial charge in [-0.25, -0.2) is 9.13 Å². The van der Waals surface area contributed by atoms with Crippen LogP contribution in [0.5, 0.6) is 0 Å². The third-order valence-electron chi connectivity index (χ3n) is 16.3. The van der Waals surface area contributed by atoms with Gasteiger partial charge in [-0.2, -0.15) is 0 Å². The number of phosphoric ester groups is 2. The number of aliphatic hydroxyl groups excluding tert-OH is 1. The predicted octanol–water partition coefficient (Wildman–Crippen LogP) is 18.9. The van der Waals surface area contributed by atoms with Crippen molar-refractivity contribution in [3.05, 3.63) is 0 Å². The zero-order valence-corrected chi connectivity index (χ0v) is 58.4. The molecule has 0 amide bonds. The molecule has 0 bridgehead atoms. The predicted molar refractivity (Wildman–Crippen MR) is 349 cm³/mol. The highest BCUT2D eigenvalue weighted by Crippen LogP contribution is 2.45. The van der Waals surface area contributed by atoms with Crippen molar-refractivity contribution in [3.63, 3.8) is 0 Å². The molecule has 0 rings (SSSR count). The number of carbonyl (C=O) groups is 4. The Kier molecular flexibility index (Phi) is 56.6. The van der Waals surface area contributed by atoms with Crippen LogP contribution in [-0.2, 0) is 65.4 Å². The summed E-state index contributed by atoms with van der Waals surface area (Å²) < 4.78 is 68.1. The molecule has 0 aromatic rings. The van der Waals surface area contributed by atoms with Gasteiger partial charge in [-0.3, -0.25) is 37.3 Å². The molecular weight excluding hydrogens is 1150 g/mol. The van der Waals surface area contributed by atoms with Crippen molar-refractivity contribution >= 4 is 39.5 Å². The maximum Gasteiger partial charge on any atom is 0.472 e. The molecule has 516 valence electrons. The van der Waals surface area contributed by atoms with Gasteiger partial charge in [0.25, 0.3) is 0 Å². The first-order valence-electron chi connectivity index (χ1n) is 35.3. The van der Waals surface area contributed by atoms with Gasteiger partial charge >= 0.3 is 39.5 Å². The lowest BCUT2D eigenvalue weighted by molar-refractivity contribution is -0.161. The van der Waals surface area contributed by atoms with Gasteiger partial charge in [0, 0.05) is 25.7 Å². The third-order valence-corrected chi connectivity index (χ3v) is 18.2. The zero-order chi connectivity index (χ0) is 64.7. The van der Waals surface area contributed by atoms with Crippen molar-refractivity contribution in [2.45, 2.75) is 350 Å². The quantitative estimate of drug-likeness (QED) is 0.0222. The summed E-state index contributed by atoms with van der Waals surface area (Å²) in [6, 6.07) is 0. The summed E-state index contributed by atoms with van der Waals surface area (Å²) in [5.74, 6) is 0.795. The summed E-state index contributed by atoms with van der Waals surface area (Å²) in [6.45, 7) is 14.0. The smallest absolute Gasteiger partial charge is 0.462 e. The normalized spacial score (nSPS) is 15.0. The second kappa shape index (κ2) is 57.9. The van der Waals surface area contributed by atoms with Gasteiger partial charge in [-0.1, -0.05) is 280 Å². The van der Waals surface area contributed by atoms with E-state index in [0.29, 0.717) is 31.6 Å². The summed E-state index contributed by atoms with van der Waals surface area (Å²) in [4.78, 5) is 72.3. The highest BCUT2D eigenvalue weighted by Gasteiger charge is 2.30. The van der Waals surface area contributed by atoms with Crippen LogP contribution in [0.3, 0.4) is 0 Å². The van der Waals surface area contributed by atoms with E-state index in [2.05, 4.69) is 55.4 Å². The lowest BCUT2D eigenvalue weighted by Crippen LogP contribution is -2.30. The van der Waals surface area contributed by atoms with Crippen LogP contribution in [0, 0.1) is 23.7 Å². The van der Waals surface area contributed by atoms with Crippen molar-refractivity contribution in [2.75, 3.05) is 39.6 Å². The van der Waals surface area contributed by atoms with E-state index in [1.165, 1.54) is 122 Å². The van der Waals surface area contributed by atoms with Gasteiger partial charge in [0.15, 0.2) is 12.2 Å². The van der Waals surface area contributed by atoms with E-state index >= 15 is 0 Å². The number of carbonyl (C=O) groups excluding carboxylic acids is 4. The minimum Gasteiger partial charge on any atom is -0.462 e. The molecule has 3 N–H and O–H groups in total. The van der Waals surface area contributed by atoms with Crippen molar-refractivity contribution in [1.29, 1.82) is 0 Å². The molecule has 0 aromatic heterocycles. The molecule has 0 aliphatic carbocycles. The topological polar surface area (TPSA) is 237 Å². The lowest BCUT2D eigenvalue weighted by Gasteiger charge is -2.21. The van der Waals surface area contributed by atoms with Crippen LogP contribution >= 0.6 is 15.6 Å². The van der Waals surface area contributed by atoms with Crippen LogP contribution in [0.2, 0.25) is 0 Å². The van der Waals surface area contributed by atoms with Crippen LogP contribution in [0.1, 0.15) is 331 Å². The van der Waals surface area contributed by atoms with E-state index < -0.39 is 97.5 Å². The second-order valence-electron chi connectivity index (χ2n) is 26.0. The number of phosphoric acid groups is 2. The Morgan fingerprint density at radius 3 is 0.816 bits per heavy atom. The average molecular weight is 1280 g/mol. The molecule has 87 heavy (non-hydrogen) atoms. The maximum absolute atomic E-state index is 13.0. The van der Waals surface area contributed by atoms with E-state index in [9.17, 15) is 43.2 Å². The van der Waals surface area contributed by atoms with Gasteiger partial charge in [0.1, 0.15) is 19.3 Å². The largest absolute Gasteiger partial charge is 0.472 e. The fraction of sp³-hybridized carbons (Fsp3) is 0.941. The molecule has 0 aliphatic rings. The van der Waals surface area contributed by atoms with Gasteiger partial charge in [0.05, 0.1) is 26.4 Å². The van der Waals surface area contributed by atoms with Crippen molar-refractivity contribution in [3.8, 4) is 0 Å². The molecule has 0 spiro atoms. The molecule has 0 saturated carbocycles. The SMILES string of the molecule is CCC(C)CCCCCCCCC(=O)OC[C@H](COP(=O)(O)OC[C@@H](O)COP(=O)(O)OC[C@@H](COC(=O)CCCCCCCCC(C)C)OC(=O)CCCCCCCCC(C)CC)OC(=O)CCCCCCCCCCCCCCCCCC(C)C. The van der Waals surface area contributed by atoms with Gasteiger partial charge < -0.3 is 33.8 Å². The number of ether oxygens (including phenoxy) is 4. The molecule has 0 aromatic carbocycles. The number of hydrogen-bond donors (Lipinski definition) is 3. The number of aliphatic hydroxyl groups is 1. The third kappa shape index (κ3) is 60.1. The molecule has 0 saturated heterocycles. The van der Waals surface area contributed by atoms with Crippen LogP contribution in [-0.4, -0.2) is 96.7 Å². The Morgan fingerprint density at radius 1 is 0.322 bits per heavy atom. The average Bonchev–Trinajstić information content (AvgIpc) is 3.51. The van der Waals surface area contributed by atoms with E-state index in [1.807, 2.05) is 0 Å². The highest BCUT2D eigenvalue weighted by molar-refractivity contribution is 7.47. The van der Waals surface area contributed by atoms with Gasteiger partial charge in [-0.15, -0.1) is 0 Å².